The molecule has 1 N–H and O–H groups in total. The first-order valence-electron chi connectivity index (χ1n) is 10.3. The van der Waals surface area contributed by atoms with Crippen molar-refractivity contribution in [3.63, 3.8) is 0 Å². The zero-order valence-electron chi connectivity index (χ0n) is 18.0. The van der Waals surface area contributed by atoms with Gasteiger partial charge in [0.05, 0.1) is 35.6 Å². The number of hydrogen-bond donors (Lipinski definition) is 1. The highest BCUT2D eigenvalue weighted by atomic mass is 32.2. The van der Waals surface area contributed by atoms with Gasteiger partial charge in [0.15, 0.2) is 5.69 Å². The van der Waals surface area contributed by atoms with Gasteiger partial charge in [-0.25, -0.2) is 13.1 Å². The Morgan fingerprint density at radius 2 is 1.76 bits per heavy atom. The molecule has 3 aromatic rings. The molecule has 1 fully saturated rings. The van der Waals surface area contributed by atoms with Crippen LogP contribution in [-0.2, 0) is 20.9 Å². The van der Waals surface area contributed by atoms with Crippen molar-refractivity contribution in [1.29, 1.82) is 0 Å². The van der Waals surface area contributed by atoms with Crippen LogP contribution in [-0.4, -0.2) is 54.7 Å². The second kappa shape index (κ2) is 9.20. The van der Waals surface area contributed by atoms with Crippen molar-refractivity contribution in [2.45, 2.75) is 18.0 Å². The highest BCUT2D eigenvalue weighted by Crippen LogP contribution is 2.34. The van der Waals surface area contributed by atoms with Gasteiger partial charge in [-0.05, 0) is 36.8 Å². The van der Waals surface area contributed by atoms with Crippen LogP contribution < -0.4 is 5.32 Å². The lowest BCUT2D eigenvalue weighted by Crippen LogP contribution is -2.40. The molecule has 12 heteroatoms. The van der Waals surface area contributed by atoms with E-state index in [0.717, 1.165) is 6.20 Å². The maximum atomic E-state index is 13.9. The molecule has 4 rings (SSSR count). The second-order valence-electron chi connectivity index (χ2n) is 7.60. The van der Waals surface area contributed by atoms with E-state index in [1.165, 1.54) is 34.6 Å². The predicted molar refractivity (Wildman–Crippen MR) is 117 cm³/mol. The lowest BCUT2D eigenvalue weighted by Gasteiger charge is -2.26. The number of nitrogens with one attached hydrogen (secondary N) is 1. The van der Waals surface area contributed by atoms with Gasteiger partial charge in [0, 0.05) is 18.8 Å². The molecule has 2 heterocycles. The molecule has 0 atom stereocenters. The van der Waals surface area contributed by atoms with Gasteiger partial charge in [-0.2, -0.15) is 22.6 Å². The molecule has 180 valence electrons. The number of nitrogens with zero attached hydrogens (tertiary/aromatic N) is 3. The van der Waals surface area contributed by atoms with Crippen molar-refractivity contribution in [2.24, 2.45) is 0 Å². The summed E-state index contributed by atoms with van der Waals surface area (Å²) in [6, 6.07) is 11.8. The Morgan fingerprint density at radius 3 is 2.41 bits per heavy atom. The Kier molecular flexibility index (Phi) is 6.47. The third kappa shape index (κ3) is 4.69. The normalized spacial score (nSPS) is 15.3. The van der Waals surface area contributed by atoms with Gasteiger partial charge in [-0.15, -0.1) is 0 Å². The Hall–Kier alpha value is -3.22. The van der Waals surface area contributed by atoms with Crippen LogP contribution in [0, 0.1) is 6.92 Å². The average Bonchev–Trinajstić information content (AvgIpc) is 3.28. The zero-order valence-corrected chi connectivity index (χ0v) is 18.9. The molecule has 0 unspecified atom stereocenters. The third-order valence-electron chi connectivity index (χ3n) is 5.32. The van der Waals surface area contributed by atoms with E-state index in [2.05, 4.69) is 10.4 Å². The number of anilines is 1. The SMILES string of the molecule is Cc1ccc(NC(=O)c2cnn(-c3ccccc3)c2C(F)(F)F)cc1S(=O)(=O)N1CCOCC1. The number of benzene rings is 2. The van der Waals surface area contributed by atoms with E-state index >= 15 is 0 Å². The molecule has 0 spiro atoms. The molecule has 1 saturated heterocycles. The van der Waals surface area contributed by atoms with E-state index in [-0.39, 0.29) is 42.6 Å². The minimum Gasteiger partial charge on any atom is -0.379 e. The largest absolute Gasteiger partial charge is 0.434 e. The van der Waals surface area contributed by atoms with Gasteiger partial charge in [0.2, 0.25) is 10.0 Å². The number of para-hydroxylation sites is 1. The summed E-state index contributed by atoms with van der Waals surface area (Å²) in [4.78, 5) is 12.8. The van der Waals surface area contributed by atoms with E-state index in [0.29, 0.717) is 10.2 Å². The number of sulfonamides is 1. The van der Waals surface area contributed by atoms with E-state index in [4.69, 9.17) is 4.74 Å². The highest BCUT2D eigenvalue weighted by molar-refractivity contribution is 7.89. The van der Waals surface area contributed by atoms with Crippen molar-refractivity contribution in [3.05, 3.63) is 71.5 Å². The standard InChI is InChI=1S/C22H21F3N4O4S/c1-15-7-8-16(13-19(15)34(31,32)28-9-11-33-12-10-28)27-21(30)18-14-26-29(20(18)22(23,24)25)17-5-3-2-4-6-17/h2-8,13-14H,9-12H2,1H3,(H,27,30). The fourth-order valence-electron chi connectivity index (χ4n) is 3.63. The lowest BCUT2D eigenvalue weighted by molar-refractivity contribution is -0.143. The van der Waals surface area contributed by atoms with Crippen molar-refractivity contribution in [3.8, 4) is 5.69 Å². The van der Waals surface area contributed by atoms with Crippen molar-refractivity contribution < 1.29 is 31.1 Å². The molecule has 8 nitrogen and oxygen atoms in total. The Bertz CT molecular complexity index is 1300. The fraction of sp³-hybridized carbons (Fsp3) is 0.273. The van der Waals surface area contributed by atoms with Gasteiger partial charge in [-0.1, -0.05) is 24.3 Å². The van der Waals surface area contributed by atoms with Crippen molar-refractivity contribution in [1.82, 2.24) is 14.1 Å². The number of ether oxygens (including phenoxy) is 1. The molecule has 0 radical (unpaired) electrons. The number of carbonyl (C=O) groups excluding carboxylic acids is 1. The van der Waals surface area contributed by atoms with Crippen LogP contribution in [0.2, 0.25) is 0 Å². The third-order valence-corrected chi connectivity index (χ3v) is 7.36. The van der Waals surface area contributed by atoms with Crippen LogP contribution in [0.4, 0.5) is 18.9 Å². The number of amides is 1. The second-order valence-corrected chi connectivity index (χ2v) is 9.51. The quantitative estimate of drug-likeness (QED) is 0.586. The molecular weight excluding hydrogens is 473 g/mol. The minimum atomic E-state index is -4.86. The molecule has 0 aliphatic carbocycles. The smallest absolute Gasteiger partial charge is 0.379 e. The average molecular weight is 494 g/mol. The van der Waals surface area contributed by atoms with Gasteiger partial charge < -0.3 is 10.1 Å². The molecule has 1 amide bonds. The number of hydrogen-bond acceptors (Lipinski definition) is 5. The van der Waals surface area contributed by atoms with Crippen LogP contribution in [0.5, 0.6) is 0 Å². The van der Waals surface area contributed by atoms with E-state index in [9.17, 15) is 26.4 Å². The van der Waals surface area contributed by atoms with E-state index in [1.54, 1.807) is 25.1 Å². The lowest BCUT2D eigenvalue weighted by atomic mass is 10.2. The van der Waals surface area contributed by atoms with E-state index in [1.807, 2.05) is 0 Å². The first-order valence-corrected chi connectivity index (χ1v) is 11.7. The Balaban J connectivity index is 1.67. The minimum absolute atomic E-state index is 0.0387. The molecular formula is C22H21F3N4O4S. The first-order chi connectivity index (χ1) is 16.1. The van der Waals surface area contributed by atoms with Crippen LogP contribution in [0.3, 0.4) is 0 Å². The molecule has 1 aromatic heterocycles. The van der Waals surface area contributed by atoms with Crippen LogP contribution in [0.25, 0.3) is 5.69 Å². The maximum Gasteiger partial charge on any atom is 0.434 e. The van der Waals surface area contributed by atoms with Crippen LogP contribution >= 0.6 is 0 Å². The summed E-state index contributed by atoms with van der Waals surface area (Å²) in [5.41, 5.74) is -1.29. The zero-order chi connectivity index (χ0) is 24.5. The first kappa shape index (κ1) is 23.9. The van der Waals surface area contributed by atoms with Gasteiger partial charge in [0.1, 0.15) is 0 Å². The summed E-state index contributed by atoms with van der Waals surface area (Å²) < 4.78 is 74.8. The number of carbonyl (C=O) groups is 1. The number of morpholine rings is 1. The Morgan fingerprint density at radius 1 is 1.09 bits per heavy atom. The number of aryl methyl sites for hydroxylation is 1. The number of halogens is 3. The van der Waals surface area contributed by atoms with Crippen LogP contribution in [0.1, 0.15) is 21.6 Å². The summed E-state index contributed by atoms with van der Waals surface area (Å²) >= 11 is 0. The van der Waals surface area contributed by atoms with Gasteiger partial charge >= 0.3 is 6.18 Å². The summed E-state index contributed by atoms with van der Waals surface area (Å²) in [7, 11) is -3.87. The van der Waals surface area contributed by atoms with Gasteiger partial charge in [0.25, 0.3) is 5.91 Å². The molecule has 2 aromatic carbocycles. The highest BCUT2D eigenvalue weighted by Gasteiger charge is 2.40. The summed E-state index contributed by atoms with van der Waals surface area (Å²) in [6.07, 6.45) is -4.03. The summed E-state index contributed by atoms with van der Waals surface area (Å²) in [5, 5.41) is 6.15. The topological polar surface area (TPSA) is 93.5 Å². The molecule has 0 saturated carbocycles. The molecule has 0 bridgehead atoms. The molecule has 34 heavy (non-hydrogen) atoms. The summed E-state index contributed by atoms with van der Waals surface area (Å²) in [5.74, 6) is -1.06. The van der Waals surface area contributed by atoms with Crippen molar-refractivity contribution in [2.75, 3.05) is 31.6 Å². The molecule has 1 aliphatic heterocycles. The summed E-state index contributed by atoms with van der Waals surface area (Å²) in [6.45, 7) is 2.50. The van der Waals surface area contributed by atoms with Crippen molar-refractivity contribution >= 4 is 21.6 Å². The fourth-order valence-corrected chi connectivity index (χ4v) is 5.29. The number of aromatic nitrogens is 2. The monoisotopic (exact) mass is 494 g/mol. The van der Waals surface area contributed by atoms with Gasteiger partial charge in [-0.3, -0.25) is 4.79 Å². The Labute approximate surface area is 194 Å². The van der Waals surface area contributed by atoms with E-state index < -0.39 is 33.4 Å². The maximum absolute atomic E-state index is 13.9. The number of alkyl halides is 3. The molecule has 1 aliphatic rings. The van der Waals surface area contributed by atoms with Crippen LogP contribution in [0.15, 0.2) is 59.6 Å². The number of rotatable bonds is 5. The predicted octanol–water partition coefficient (Wildman–Crippen LogP) is 3.47.